The van der Waals surface area contributed by atoms with Gasteiger partial charge in [0.05, 0.1) is 0 Å². The summed E-state index contributed by atoms with van der Waals surface area (Å²) in [7, 11) is 0. The fourth-order valence-corrected chi connectivity index (χ4v) is 2.73. The van der Waals surface area contributed by atoms with E-state index in [0.717, 1.165) is 38.6 Å². The van der Waals surface area contributed by atoms with Crippen LogP contribution < -0.4 is 4.90 Å². The summed E-state index contributed by atoms with van der Waals surface area (Å²) in [6, 6.07) is 6.72. The third kappa shape index (κ3) is 3.14. The fraction of sp³-hybridized carbons (Fsp3) is 0.571. The first-order chi connectivity index (χ1) is 8.20. The number of aryl methyl sites for hydroxylation is 2. The maximum Gasteiger partial charge on any atom is 0.0396 e. The van der Waals surface area contributed by atoms with Crippen molar-refractivity contribution < 1.29 is 0 Å². The van der Waals surface area contributed by atoms with Crippen LogP contribution in [0.2, 0.25) is 0 Å². The van der Waals surface area contributed by atoms with Gasteiger partial charge in [-0.3, -0.25) is 4.90 Å². The zero-order chi connectivity index (χ0) is 12.3. The molecule has 0 aromatic heterocycles. The van der Waals surface area contributed by atoms with E-state index in [-0.39, 0.29) is 0 Å². The summed E-state index contributed by atoms with van der Waals surface area (Å²) in [5.41, 5.74) is 4.11. The number of piperazine rings is 1. The zero-order valence-electron chi connectivity index (χ0n) is 10.7. The van der Waals surface area contributed by atoms with Crippen LogP contribution in [0.5, 0.6) is 0 Å². The van der Waals surface area contributed by atoms with Crippen molar-refractivity contribution in [1.29, 1.82) is 0 Å². The molecule has 1 aliphatic heterocycles. The van der Waals surface area contributed by atoms with Crippen molar-refractivity contribution in [3.05, 3.63) is 29.3 Å². The monoisotopic (exact) mass is 252 g/mol. The summed E-state index contributed by atoms with van der Waals surface area (Å²) in [5.74, 6) is 0.740. The smallest absolute Gasteiger partial charge is 0.0396 e. The average Bonchev–Trinajstić information content (AvgIpc) is 2.31. The maximum atomic E-state index is 5.78. The number of hydrogen-bond donors (Lipinski definition) is 0. The van der Waals surface area contributed by atoms with Crippen molar-refractivity contribution >= 4 is 17.3 Å². The molecular formula is C14H21ClN2. The molecule has 0 spiro atoms. The Morgan fingerprint density at radius 2 is 1.82 bits per heavy atom. The van der Waals surface area contributed by atoms with Crippen LogP contribution in [0.15, 0.2) is 18.2 Å². The molecule has 0 aliphatic carbocycles. The van der Waals surface area contributed by atoms with E-state index < -0.39 is 0 Å². The van der Waals surface area contributed by atoms with Gasteiger partial charge in [-0.2, -0.15) is 0 Å². The first kappa shape index (κ1) is 12.7. The Morgan fingerprint density at radius 1 is 1.12 bits per heavy atom. The molecule has 1 fully saturated rings. The number of halogens is 1. The van der Waals surface area contributed by atoms with Gasteiger partial charge in [-0.25, -0.2) is 0 Å². The predicted molar refractivity (Wildman–Crippen MR) is 75.3 cm³/mol. The van der Waals surface area contributed by atoms with Gasteiger partial charge in [0, 0.05) is 44.3 Å². The Balaban J connectivity index is 2.00. The predicted octanol–water partition coefficient (Wildman–Crippen LogP) is 2.66. The van der Waals surface area contributed by atoms with Crippen LogP contribution in [-0.2, 0) is 0 Å². The number of benzene rings is 1. The standard InChI is InChI=1S/C14H21ClN2/c1-12-3-4-14(13(2)11-12)17-9-7-16(6-5-15)8-10-17/h3-4,11H,5-10H2,1-2H3. The van der Waals surface area contributed by atoms with Gasteiger partial charge in [-0.15, -0.1) is 11.6 Å². The van der Waals surface area contributed by atoms with E-state index >= 15 is 0 Å². The molecule has 3 heteroatoms. The van der Waals surface area contributed by atoms with E-state index in [1.165, 1.54) is 16.8 Å². The summed E-state index contributed by atoms with van der Waals surface area (Å²) in [6.07, 6.45) is 0. The summed E-state index contributed by atoms with van der Waals surface area (Å²) in [4.78, 5) is 4.92. The molecule has 17 heavy (non-hydrogen) atoms. The largest absolute Gasteiger partial charge is 0.369 e. The van der Waals surface area contributed by atoms with Crippen LogP contribution in [0.1, 0.15) is 11.1 Å². The van der Waals surface area contributed by atoms with E-state index in [9.17, 15) is 0 Å². The van der Waals surface area contributed by atoms with Crippen LogP contribution in [0.3, 0.4) is 0 Å². The molecule has 1 aromatic carbocycles. The second kappa shape index (κ2) is 5.74. The van der Waals surface area contributed by atoms with E-state index in [4.69, 9.17) is 11.6 Å². The molecule has 94 valence electrons. The van der Waals surface area contributed by atoms with Gasteiger partial charge in [0.1, 0.15) is 0 Å². The van der Waals surface area contributed by atoms with Gasteiger partial charge in [0.25, 0.3) is 0 Å². The third-order valence-corrected chi connectivity index (χ3v) is 3.64. The number of hydrogen-bond acceptors (Lipinski definition) is 2. The van der Waals surface area contributed by atoms with Crippen LogP contribution in [0.4, 0.5) is 5.69 Å². The zero-order valence-corrected chi connectivity index (χ0v) is 11.5. The van der Waals surface area contributed by atoms with Gasteiger partial charge in [0.2, 0.25) is 0 Å². The first-order valence-corrected chi connectivity index (χ1v) is 6.84. The lowest BCUT2D eigenvalue weighted by Crippen LogP contribution is -2.47. The Labute approximate surface area is 109 Å². The Kier molecular flexibility index (Phi) is 4.30. The number of nitrogens with zero attached hydrogens (tertiary/aromatic N) is 2. The van der Waals surface area contributed by atoms with Crippen LogP contribution in [-0.4, -0.2) is 43.5 Å². The summed E-state index contributed by atoms with van der Waals surface area (Å²) in [6.45, 7) is 9.84. The lowest BCUT2D eigenvalue weighted by Gasteiger charge is -2.36. The van der Waals surface area contributed by atoms with Crippen molar-refractivity contribution in [2.75, 3.05) is 43.5 Å². The molecule has 0 atom stereocenters. The molecule has 0 radical (unpaired) electrons. The molecule has 1 aromatic rings. The molecule has 0 bridgehead atoms. The minimum Gasteiger partial charge on any atom is -0.369 e. The van der Waals surface area contributed by atoms with E-state index in [2.05, 4.69) is 41.8 Å². The third-order valence-electron chi connectivity index (χ3n) is 3.47. The van der Waals surface area contributed by atoms with Crippen molar-refractivity contribution in [2.24, 2.45) is 0 Å². The topological polar surface area (TPSA) is 6.48 Å². The highest BCUT2D eigenvalue weighted by molar-refractivity contribution is 6.18. The molecule has 1 aliphatic rings. The average molecular weight is 253 g/mol. The van der Waals surface area contributed by atoms with Gasteiger partial charge in [0.15, 0.2) is 0 Å². The highest BCUT2D eigenvalue weighted by Crippen LogP contribution is 2.22. The minimum atomic E-state index is 0.740. The Morgan fingerprint density at radius 3 is 2.41 bits per heavy atom. The first-order valence-electron chi connectivity index (χ1n) is 6.31. The fourth-order valence-electron chi connectivity index (χ4n) is 2.49. The normalized spacial score (nSPS) is 17.5. The van der Waals surface area contributed by atoms with E-state index in [0.29, 0.717) is 0 Å². The summed E-state index contributed by atoms with van der Waals surface area (Å²) >= 11 is 5.78. The Hall–Kier alpha value is -0.730. The molecule has 2 nitrogen and oxygen atoms in total. The minimum absolute atomic E-state index is 0.740. The molecule has 0 amide bonds. The van der Waals surface area contributed by atoms with Gasteiger partial charge in [-0.05, 0) is 25.5 Å². The second-order valence-electron chi connectivity index (χ2n) is 4.81. The van der Waals surface area contributed by atoms with Crippen molar-refractivity contribution in [2.45, 2.75) is 13.8 Å². The molecule has 0 N–H and O–H groups in total. The van der Waals surface area contributed by atoms with Gasteiger partial charge in [-0.1, -0.05) is 17.7 Å². The van der Waals surface area contributed by atoms with E-state index in [1.54, 1.807) is 0 Å². The van der Waals surface area contributed by atoms with Crippen molar-refractivity contribution in [3.63, 3.8) is 0 Å². The van der Waals surface area contributed by atoms with Crippen molar-refractivity contribution in [1.82, 2.24) is 4.90 Å². The maximum absolute atomic E-state index is 5.78. The highest BCUT2D eigenvalue weighted by atomic mass is 35.5. The number of rotatable bonds is 3. The van der Waals surface area contributed by atoms with Crippen molar-refractivity contribution in [3.8, 4) is 0 Å². The van der Waals surface area contributed by atoms with Gasteiger partial charge < -0.3 is 4.90 Å². The van der Waals surface area contributed by atoms with Crippen LogP contribution in [0.25, 0.3) is 0 Å². The summed E-state index contributed by atoms with van der Waals surface area (Å²) in [5, 5.41) is 0. The SMILES string of the molecule is Cc1ccc(N2CCN(CCCl)CC2)c(C)c1. The second-order valence-corrected chi connectivity index (χ2v) is 5.19. The van der Waals surface area contributed by atoms with Crippen LogP contribution >= 0.6 is 11.6 Å². The molecular weight excluding hydrogens is 232 g/mol. The molecule has 0 saturated carbocycles. The molecule has 1 saturated heterocycles. The highest BCUT2D eigenvalue weighted by Gasteiger charge is 2.17. The molecule has 2 rings (SSSR count). The Bertz CT molecular complexity index is 370. The molecule has 1 heterocycles. The van der Waals surface area contributed by atoms with Gasteiger partial charge >= 0.3 is 0 Å². The summed E-state index contributed by atoms with van der Waals surface area (Å²) < 4.78 is 0. The molecule has 0 unspecified atom stereocenters. The number of anilines is 1. The van der Waals surface area contributed by atoms with Crippen LogP contribution in [0, 0.1) is 13.8 Å². The van der Waals surface area contributed by atoms with E-state index in [1.807, 2.05) is 0 Å². The lowest BCUT2D eigenvalue weighted by atomic mass is 10.1. The quantitative estimate of drug-likeness (QED) is 0.764. The lowest BCUT2D eigenvalue weighted by molar-refractivity contribution is 0.272. The number of alkyl halides is 1.